The van der Waals surface area contributed by atoms with E-state index in [2.05, 4.69) is 40.6 Å². The third kappa shape index (κ3) is 12.4. The minimum atomic E-state index is -1.10. The highest BCUT2D eigenvalue weighted by molar-refractivity contribution is 5.95. The number of nitrogens with zero attached hydrogens (tertiary/aromatic N) is 7. The molecule has 46 heavy (non-hydrogen) atoms. The summed E-state index contributed by atoms with van der Waals surface area (Å²) < 4.78 is 0. The number of halogens is 2. The molecule has 18 nitrogen and oxygen atoms in total. The van der Waals surface area contributed by atoms with E-state index in [9.17, 15) is 19.5 Å². The number of benzene rings is 1. The van der Waals surface area contributed by atoms with Crippen LogP contribution in [0.15, 0.2) is 40.4 Å². The zero-order chi connectivity index (χ0) is 32.2. The molecule has 20 heteroatoms. The molecule has 0 spiro atoms. The van der Waals surface area contributed by atoms with Gasteiger partial charge in [-0.3, -0.25) is 19.4 Å². The highest BCUT2D eigenvalue weighted by atomic mass is 35.5. The average Bonchev–Trinajstić information content (AvgIpc) is 2.95. The van der Waals surface area contributed by atoms with Crippen molar-refractivity contribution in [2.75, 3.05) is 36.5 Å². The first kappa shape index (κ1) is 38.8. The smallest absolute Gasteiger partial charge is 0.305 e. The number of rotatable bonds is 14. The van der Waals surface area contributed by atoms with Crippen LogP contribution in [0.3, 0.4) is 0 Å². The van der Waals surface area contributed by atoms with Gasteiger partial charge in [-0.05, 0) is 37.1 Å². The number of aliphatic carboxylic acids is 1. The normalized spacial score (nSPS) is 11.4. The van der Waals surface area contributed by atoms with E-state index in [0.29, 0.717) is 48.5 Å². The summed E-state index contributed by atoms with van der Waals surface area (Å²) in [6.07, 6.45) is 1.87. The summed E-state index contributed by atoms with van der Waals surface area (Å²) in [5.41, 5.74) is 29.8. The van der Waals surface area contributed by atoms with Crippen molar-refractivity contribution in [3.05, 3.63) is 41.7 Å². The summed E-state index contributed by atoms with van der Waals surface area (Å²) in [5.74, 6) is -1.97. The van der Waals surface area contributed by atoms with Crippen molar-refractivity contribution < 1.29 is 19.5 Å². The van der Waals surface area contributed by atoms with Crippen LogP contribution in [0.2, 0.25) is 0 Å². The zero-order valence-electron chi connectivity index (χ0n) is 24.9. The zero-order valence-corrected chi connectivity index (χ0v) is 26.6. The number of aliphatic imine (C=N–C) groups is 2. The first-order chi connectivity index (χ1) is 20.9. The summed E-state index contributed by atoms with van der Waals surface area (Å²) in [5, 5.41) is 14.7. The van der Waals surface area contributed by atoms with Gasteiger partial charge in [0.2, 0.25) is 17.8 Å². The molecule has 3 rings (SSSR count). The molecule has 2 amide bonds. The van der Waals surface area contributed by atoms with E-state index < -0.39 is 17.9 Å². The molecule has 0 aliphatic carbocycles. The number of carbonyl (C=O) groups is 3. The minimum Gasteiger partial charge on any atom is -0.481 e. The number of aromatic nitrogens is 4. The van der Waals surface area contributed by atoms with E-state index in [1.54, 1.807) is 30.5 Å². The largest absolute Gasteiger partial charge is 0.481 e. The number of nitrogen functional groups attached to an aromatic ring is 2. The Morgan fingerprint density at radius 2 is 1.74 bits per heavy atom. The molecule has 0 saturated carbocycles. The quantitative estimate of drug-likeness (QED) is 0.0605. The lowest BCUT2D eigenvalue weighted by atomic mass is 10.1. The number of fused-ring (bicyclic) bond motifs is 1. The standard InChI is InChI=1S/C26H36N14O4.2ClH/c1-40(13-16-12-34-22-20(35-16)21(27)37-26(31)38-22)17-6-3-14(4-7-17)23(44)36-15(11-19(42)43)5-8-18(41)32-9-2-10-33-25(30)39-24(28)29;;/h3-4,6-7,12,15H,2,5,8-11,13H2,1H3,(H,32,41)(H,36,44)(H,42,43)(H4,27,31,34,37,38)(H6,28,29,30,33,39);2*1H/t15-;;/m0../s1. The molecule has 250 valence electrons. The Bertz CT molecular complexity index is 1550. The Hall–Kier alpha value is -5.23. The number of hydrogen-bond acceptors (Lipinski definition) is 11. The van der Waals surface area contributed by atoms with Gasteiger partial charge >= 0.3 is 5.97 Å². The van der Waals surface area contributed by atoms with Crippen LogP contribution in [0.1, 0.15) is 41.7 Å². The molecule has 0 aliphatic rings. The molecule has 13 N–H and O–H groups in total. The fraction of sp³-hybridized carbons (Fsp3) is 0.346. The molecule has 0 bridgehead atoms. The maximum absolute atomic E-state index is 12.9. The van der Waals surface area contributed by atoms with Crippen LogP contribution < -0.4 is 44.2 Å². The third-order valence-corrected chi connectivity index (χ3v) is 6.12. The highest BCUT2D eigenvalue weighted by Crippen LogP contribution is 2.19. The third-order valence-electron chi connectivity index (χ3n) is 6.12. The second-order valence-corrected chi connectivity index (χ2v) is 9.69. The van der Waals surface area contributed by atoms with E-state index in [1.807, 2.05) is 11.9 Å². The summed E-state index contributed by atoms with van der Waals surface area (Å²) in [6.45, 7) is 0.993. The molecule has 0 unspecified atom stereocenters. The number of nitrogens with one attached hydrogen (secondary N) is 2. The van der Waals surface area contributed by atoms with Crippen molar-refractivity contribution in [3.8, 4) is 0 Å². The number of guanidine groups is 2. The van der Waals surface area contributed by atoms with Gasteiger partial charge in [-0.1, -0.05) is 0 Å². The van der Waals surface area contributed by atoms with Crippen LogP contribution in [0.5, 0.6) is 0 Å². The highest BCUT2D eigenvalue weighted by Gasteiger charge is 2.19. The topological polar surface area (TPSA) is 305 Å². The first-order valence-electron chi connectivity index (χ1n) is 13.5. The van der Waals surface area contributed by atoms with Gasteiger partial charge in [0.1, 0.15) is 0 Å². The van der Waals surface area contributed by atoms with Crippen LogP contribution in [0.4, 0.5) is 17.5 Å². The molecular weight excluding hydrogens is 643 g/mol. The molecule has 2 aromatic heterocycles. The van der Waals surface area contributed by atoms with Gasteiger partial charge in [0.15, 0.2) is 22.9 Å². The number of anilines is 3. The Morgan fingerprint density at radius 1 is 1.04 bits per heavy atom. The predicted molar refractivity (Wildman–Crippen MR) is 180 cm³/mol. The van der Waals surface area contributed by atoms with Crippen molar-refractivity contribution in [1.82, 2.24) is 30.6 Å². The Morgan fingerprint density at radius 3 is 2.39 bits per heavy atom. The van der Waals surface area contributed by atoms with E-state index >= 15 is 0 Å². The van der Waals surface area contributed by atoms with E-state index in [1.165, 1.54) is 0 Å². The number of carboxylic acids is 1. The number of amides is 2. The number of carboxylic acid groups (broad SMARTS) is 1. The minimum absolute atomic E-state index is 0. The summed E-state index contributed by atoms with van der Waals surface area (Å²) in [6, 6.07) is 5.98. The van der Waals surface area contributed by atoms with Gasteiger partial charge < -0.3 is 49.3 Å². The first-order valence-corrected chi connectivity index (χ1v) is 13.5. The molecule has 0 aliphatic heterocycles. The van der Waals surface area contributed by atoms with Crippen LogP contribution >= 0.6 is 24.8 Å². The van der Waals surface area contributed by atoms with Gasteiger partial charge in [0.05, 0.1) is 24.9 Å². The fourth-order valence-corrected chi connectivity index (χ4v) is 4.03. The lowest BCUT2D eigenvalue weighted by Gasteiger charge is -2.20. The SMILES string of the molecule is CN(Cc1cnc2nc(N)nc(N)c2n1)c1ccc(C(=O)N[C@@H](CCC(=O)NCCCN=C(N)N=C(N)N)CC(=O)O)cc1.Cl.Cl. The molecule has 1 aromatic carbocycles. The van der Waals surface area contributed by atoms with Gasteiger partial charge in [-0.15, -0.1) is 24.8 Å². The Kier molecular flexibility index (Phi) is 15.6. The van der Waals surface area contributed by atoms with Gasteiger partial charge in [0, 0.05) is 43.9 Å². The van der Waals surface area contributed by atoms with Crippen LogP contribution in [0, 0.1) is 0 Å². The van der Waals surface area contributed by atoms with Gasteiger partial charge in [-0.2, -0.15) is 15.0 Å². The van der Waals surface area contributed by atoms with Crippen LogP contribution in [-0.4, -0.2) is 80.9 Å². The van der Waals surface area contributed by atoms with Gasteiger partial charge in [0.25, 0.3) is 5.91 Å². The van der Waals surface area contributed by atoms with Crippen molar-refractivity contribution in [2.45, 2.75) is 38.3 Å². The molecule has 0 radical (unpaired) electrons. The molecule has 0 saturated heterocycles. The Labute approximate surface area is 276 Å². The van der Waals surface area contributed by atoms with E-state index in [-0.39, 0.29) is 73.7 Å². The van der Waals surface area contributed by atoms with Crippen molar-refractivity contribution in [2.24, 2.45) is 27.2 Å². The van der Waals surface area contributed by atoms with Crippen molar-refractivity contribution in [3.63, 3.8) is 0 Å². The maximum Gasteiger partial charge on any atom is 0.305 e. The van der Waals surface area contributed by atoms with E-state index in [4.69, 9.17) is 28.7 Å². The molecule has 0 fully saturated rings. The molecule has 1 atom stereocenters. The van der Waals surface area contributed by atoms with Crippen LogP contribution in [0.25, 0.3) is 11.2 Å². The molecule has 3 aromatic rings. The lowest BCUT2D eigenvalue weighted by molar-refractivity contribution is -0.137. The Balaban J connectivity index is 0.00000529. The monoisotopic (exact) mass is 680 g/mol. The summed E-state index contributed by atoms with van der Waals surface area (Å²) >= 11 is 0. The summed E-state index contributed by atoms with van der Waals surface area (Å²) in [4.78, 5) is 62.6. The number of nitrogens with two attached hydrogens (primary N) is 5. The number of carbonyl (C=O) groups excluding carboxylic acids is 2. The van der Waals surface area contributed by atoms with Crippen LogP contribution in [-0.2, 0) is 16.1 Å². The van der Waals surface area contributed by atoms with E-state index in [0.717, 1.165) is 5.69 Å². The number of hydrogen-bond donors (Lipinski definition) is 8. The van der Waals surface area contributed by atoms with Gasteiger partial charge in [-0.25, -0.2) is 9.97 Å². The van der Waals surface area contributed by atoms with Crippen molar-refractivity contribution in [1.29, 1.82) is 0 Å². The second-order valence-electron chi connectivity index (χ2n) is 9.69. The predicted octanol–water partition coefficient (Wildman–Crippen LogP) is -0.488. The average molecular weight is 682 g/mol. The molecule has 2 heterocycles. The molecular formula is C26H38Cl2N14O4. The summed E-state index contributed by atoms with van der Waals surface area (Å²) in [7, 11) is 1.84. The maximum atomic E-state index is 12.9. The van der Waals surface area contributed by atoms with Crippen molar-refractivity contribution >= 4 is 83.1 Å². The fourth-order valence-electron chi connectivity index (χ4n) is 4.03. The second kappa shape index (κ2) is 18.5. The lowest BCUT2D eigenvalue weighted by Crippen LogP contribution is -2.37.